The minimum atomic E-state index is -0.310. The molecule has 1 amide bonds. The van der Waals surface area contributed by atoms with Gasteiger partial charge in [-0.25, -0.2) is 4.39 Å². The van der Waals surface area contributed by atoms with Crippen molar-refractivity contribution in [3.8, 4) is 0 Å². The van der Waals surface area contributed by atoms with Gasteiger partial charge < -0.3 is 15.4 Å². The summed E-state index contributed by atoms with van der Waals surface area (Å²) in [6.45, 7) is 0.167. The zero-order valence-corrected chi connectivity index (χ0v) is 9.16. The van der Waals surface area contributed by atoms with Gasteiger partial charge >= 0.3 is 0 Å². The summed E-state index contributed by atoms with van der Waals surface area (Å²) in [4.78, 5) is 14.4. The quantitative estimate of drug-likeness (QED) is 0.740. The molecule has 0 bridgehead atoms. The molecule has 2 rings (SSSR count). The number of aliphatic hydroxyl groups excluding tert-OH is 1. The third kappa shape index (κ3) is 2.62. The zero-order valence-electron chi connectivity index (χ0n) is 9.16. The lowest BCUT2D eigenvalue weighted by molar-refractivity contribution is -0.120. The van der Waals surface area contributed by atoms with E-state index in [1.165, 1.54) is 12.1 Å². The molecule has 0 aliphatic heterocycles. The highest BCUT2D eigenvalue weighted by molar-refractivity contribution is 5.88. The fourth-order valence-electron chi connectivity index (χ4n) is 1.74. The predicted molar refractivity (Wildman–Crippen MR) is 62.1 cm³/mol. The average Bonchev–Trinajstić information content (AvgIpc) is 2.69. The Kier molecular flexibility index (Phi) is 3.39. The van der Waals surface area contributed by atoms with Crippen LogP contribution >= 0.6 is 0 Å². The molecule has 3 N–H and O–H groups in total. The predicted octanol–water partition coefficient (Wildman–Crippen LogP) is 0.958. The molecule has 1 heterocycles. The zero-order chi connectivity index (χ0) is 12.3. The molecule has 0 aliphatic carbocycles. The van der Waals surface area contributed by atoms with Gasteiger partial charge in [-0.15, -0.1) is 0 Å². The van der Waals surface area contributed by atoms with Gasteiger partial charge in [-0.2, -0.15) is 0 Å². The fraction of sp³-hybridized carbons (Fsp3) is 0.250. The highest BCUT2D eigenvalue weighted by Crippen LogP contribution is 2.19. The normalized spacial score (nSPS) is 10.7. The molecule has 2 aromatic rings. The van der Waals surface area contributed by atoms with E-state index in [-0.39, 0.29) is 31.3 Å². The Hall–Kier alpha value is -1.88. The van der Waals surface area contributed by atoms with Crippen LogP contribution in [0, 0.1) is 5.82 Å². The SMILES string of the molecule is O=C(Cc1c[nH]c2cc(F)ccc12)NCCO. The lowest BCUT2D eigenvalue weighted by atomic mass is 10.1. The van der Waals surface area contributed by atoms with Gasteiger partial charge in [0, 0.05) is 23.6 Å². The number of halogens is 1. The second-order valence-corrected chi connectivity index (χ2v) is 3.75. The lowest BCUT2D eigenvalue weighted by Gasteiger charge is -2.02. The van der Waals surface area contributed by atoms with Crippen LogP contribution in [0.25, 0.3) is 10.9 Å². The van der Waals surface area contributed by atoms with Crippen LogP contribution in [-0.2, 0) is 11.2 Å². The Morgan fingerprint density at radius 2 is 2.29 bits per heavy atom. The van der Waals surface area contributed by atoms with Gasteiger partial charge in [0.15, 0.2) is 0 Å². The summed E-state index contributed by atoms with van der Waals surface area (Å²) >= 11 is 0. The summed E-state index contributed by atoms with van der Waals surface area (Å²) in [5.41, 5.74) is 1.49. The van der Waals surface area contributed by atoms with Crippen LogP contribution < -0.4 is 5.32 Å². The summed E-state index contributed by atoms with van der Waals surface area (Å²) in [5.74, 6) is -0.472. The van der Waals surface area contributed by atoms with Crippen molar-refractivity contribution in [3.63, 3.8) is 0 Å². The first kappa shape index (κ1) is 11.6. The number of carbonyl (C=O) groups excluding carboxylic acids is 1. The summed E-state index contributed by atoms with van der Waals surface area (Å²) in [6, 6.07) is 4.41. The molecule has 0 fully saturated rings. The molecule has 1 aromatic carbocycles. The molecule has 5 heteroatoms. The molecule has 0 radical (unpaired) electrons. The number of aromatic amines is 1. The van der Waals surface area contributed by atoms with Crippen LogP contribution in [-0.4, -0.2) is 29.1 Å². The van der Waals surface area contributed by atoms with Crippen molar-refractivity contribution in [2.45, 2.75) is 6.42 Å². The smallest absolute Gasteiger partial charge is 0.224 e. The average molecular weight is 236 g/mol. The maximum Gasteiger partial charge on any atom is 0.224 e. The van der Waals surface area contributed by atoms with Crippen molar-refractivity contribution < 1.29 is 14.3 Å². The molecule has 0 saturated carbocycles. The molecular formula is C12H13FN2O2. The van der Waals surface area contributed by atoms with Crippen LogP contribution in [0.1, 0.15) is 5.56 Å². The van der Waals surface area contributed by atoms with Crippen molar-refractivity contribution >= 4 is 16.8 Å². The summed E-state index contributed by atoms with van der Waals surface area (Å²) in [5, 5.41) is 12.0. The second-order valence-electron chi connectivity index (χ2n) is 3.75. The molecule has 0 atom stereocenters. The van der Waals surface area contributed by atoms with Gasteiger partial charge in [0.2, 0.25) is 5.91 Å². The van der Waals surface area contributed by atoms with Gasteiger partial charge in [0.25, 0.3) is 0 Å². The number of amides is 1. The molecule has 0 unspecified atom stereocenters. The number of hydrogen-bond acceptors (Lipinski definition) is 2. The number of fused-ring (bicyclic) bond motifs is 1. The summed E-state index contributed by atoms with van der Waals surface area (Å²) < 4.78 is 12.9. The van der Waals surface area contributed by atoms with Crippen LogP contribution in [0.2, 0.25) is 0 Å². The van der Waals surface area contributed by atoms with Crippen molar-refractivity contribution in [1.82, 2.24) is 10.3 Å². The Bertz CT molecular complexity index is 536. The van der Waals surface area contributed by atoms with Crippen molar-refractivity contribution in [2.24, 2.45) is 0 Å². The van der Waals surface area contributed by atoms with Gasteiger partial charge in [0.1, 0.15) is 5.82 Å². The first-order chi connectivity index (χ1) is 8.20. The maximum absolute atomic E-state index is 12.9. The van der Waals surface area contributed by atoms with Gasteiger partial charge in [-0.1, -0.05) is 0 Å². The number of hydrogen-bond donors (Lipinski definition) is 3. The van der Waals surface area contributed by atoms with Crippen molar-refractivity contribution in [1.29, 1.82) is 0 Å². The number of aromatic nitrogens is 1. The molecule has 17 heavy (non-hydrogen) atoms. The Morgan fingerprint density at radius 3 is 3.06 bits per heavy atom. The first-order valence-electron chi connectivity index (χ1n) is 5.34. The third-order valence-corrected chi connectivity index (χ3v) is 2.51. The van der Waals surface area contributed by atoms with Crippen molar-refractivity contribution in [3.05, 3.63) is 35.8 Å². The van der Waals surface area contributed by atoms with Gasteiger partial charge in [-0.05, 0) is 23.8 Å². The fourth-order valence-corrected chi connectivity index (χ4v) is 1.74. The lowest BCUT2D eigenvalue weighted by Crippen LogP contribution is -2.27. The highest BCUT2D eigenvalue weighted by Gasteiger charge is 2.08. The van der Waals surface area contributed by atoms with E-state index < -0.39 is 0 Å². The summed E-state index contributed by atoms with van der Waals surface area (Å²) in [6.07, 6.45) is 1.91. The topological polar surface area (TPSA) is 65.1 Å². The molecule has 90 valence electrons. The standard InChI is InChI=1S/C12H13FN2O2/c13-9-1-2-10-8(7-15-11(10)6-9)5-12(17)14-3-4-16/h1-2,6-7,15-16H,3-5H2,(H,14,17). The third-order valence-electron chi connectivity index (χ3n) is 2.51. The van der Waals surface area contributed by atoms with E-state index in [2.05, 4.69) is 10.3 Å². The Labute approximate surface area is 97.5 Å². The van der Waals surface area contributed by atoms with E-state index in [4.69, 9.17) is 5.11 Å². The van der Waals surface area contributed by atoms with E-state index in [0.29, 0.717) is 5.52 Å². The van der Waals surface area contributed by atoms with Gasteiger partial charge in [-0.3, -0.25) is 4.79 Å². The second kappa shape index (κ2) is 4.97. The molecule has 1 aromatic heterocycles. The monoisotopic (exact) mass is 236 g/mol. The number of benzene rings is 1. The maximum atomic E-state index is 12.9. The Balaban J connectivity index is 2.16. The number of nitrogens with one attached hydrogen (secondary N) is 2. The van der Waals surface area contributed by atoms with Gasteiger partial charge in [0.05, 0.1) is 13.0 Å². The highest BCUT2D eigenvalue weighted by atomic mass is 19.1. The summed E-state index contributed by atoms with van der Waals surface area (Å²) in [7, 11) is 0. The minimum Gasteiger partial charge on any atom is -0.395 e. The van der Waals surface area contributed by atoms with E-state index in [1.807, 2.05) is 0 Å². The molecule has 0 saturated heterocycles. The van der Waals surface area contributed by atoms with Crippen LogP contribution in [0.5, 0.6) is 0 Å². The van der Waals surface area contributed by atoms with E-state index in [1.54, 1.807) is 12.3 Å². The van der Waals surface area contributed by atoms with Crippen LogP contribution in [0.3, 0.4) is 0 Å². The number of H-pyrrole nitrogens is 1. The molecule has 0 spiro atoms. The van der Waals surface area contributed by atoms with Crippen LogP contribution in [0.15, 0.2) is 24.4 Å². The molecule has 0 aliphatic rings. The van der Waals surface area contributed by atoms with Crippen LogP contribution in [0.4, 0.5) is 4.39 Å². The number of carbonyl (C=O) groups is 1. The first-order valence-corrected chi connectivity index (χ1v) is 5.34. The number of rotatable bonds is 4. The van der Waals surface area contributed by atoms with E-state index in [0.717, 1.165) is 10.9 Å². The molecular weight excluding hydrogens is 223 g/mol. The van der Waals surface area contributed by atoms with Crippen molar-refractivity contribution in [2.75, 3.05) is 13.2 Å². The molecule has 4 nitrogen and oxygen atoms in total. The number of aliphatic hydroxyl groups is 1. The Morgan fingerprint density at radius 1 is 1.47 bits per heavy atom. The van der Waals surface area contributed by atoms with E-state index in [9.17, 15) is 9.18 Å². The minimum absolute atomic E-state index is 0.0785. The van der Waals surface area contributed by atoms with E-state index >= 15 is 0 Å². The largest absolute Gasteiger partial charge is 0.395 e.